The topological polar surface area (TPSA) is 582 Å². The molecular weight excluding hydrogens is 1290 g/mol. The number of carbonyl (C=O) groups excluding carboxylic acids is 6. The number of hydrogen-bond acceptors (Lipinski definition) is 21. The van der Waals surface area contributed by atoms with Gasteiger partial charge < -0.3 is 93.1 Å². The Labute approximate surface area is 607 Å². The summed E-state index contributed by atoms with van der Waals surface area (Å²) in [6.07, 6.45) is 6.38. The van der Waals surface area contributed by atoms with E-state index in [4.69, 9.17) is 32.5 Å². The summed E-state index contributed by atoms with van der Waals surface area (Å²) >= 11 is 0. The number of aliphatic carboxylic acids is 6. The molecular formula is C60H60N15Na3O18. The van der Waals surface area contributed by atoms with Gasteiger partial charge in [0.25, 0.3) is 34.4 Å². The summed E-state index contributed by atoms with van der Waals surface area (Å²) < 4.78 is 0. The van der Waals surface area contributed by atoms with Crippen molar-refractivity contribution in [1.82, 2.24) is 60.8 Å². The van der Waals surface area contributed by atoms with E-state index in [1.807, 2.05) is 0 Å². The first-order chi connectivity index (χ1) is 44.2. The van der Waals surface area contributed by atoms with Gasteiger partial charge in [-0.1, -0.05) is 36.4 Å². The maximum Gasteiger partial charge on any atom is 1.00 e. The van der Waals surface area contributed by atoms with Crippen molar-refractivity contribution in [2.24, 2.45) is 0 Å². The fourth-order valence-electron chi connectivity index (χ4n) is 9.54. The minimum absolute atomic E-state index is 0. The monoisotopic (exact) mass is 1350 g/mol. The van der Waals surface area contributed by atoms with Crippen molar-refractivity contribution >= 4 is 104 Å². The van der Waals surface area contributed by atoms with Gasteiger partial charge in [0.15, 0.2) is 0 Å². The number of H-pyrrole nitrogens is 6. The van der Waals surface area contributed by atoms with Gasteiger partial charge in [-0.3, -0.25) is 53.3 Å². The largest absolute Gasteiger partial charge is 1.00 e. The van der Waals surface area contributed by atoms with Gasteiger partial charge in [-0.2, -0.15) is 15.0 Å². The maximum atomic E-state index is 12.3. The third kappa shape index (κ3) is 22.6. The summed E-state index contributed by atoms with van der Waals surface area (Å²) in [5.74, 6) is -9.94. The van der Waals surface area contributed by atoms with Crippen molar-refractivity contribution in [2.75, 3.05) is 17.2 Å². The van der Waals surface area contributed by atoms with Crippen LogP contribution in [-0.4, -0.2) is 132 Å². The number of rotatable bonds is 27. The van der Waals surface area contributed by atoms with E-state index in [2.05, 4.69) is 60.8 Å². The number of aryl methyl sites for hydroxylation is 6. The molecule has 9 rings (SSSR count). The van der Waals surface area contributed by atoms with Crippen molar-refractivity contribution in [2.45, 2.75) is 95.2 Å². The zero-order valence-corrected chi connectivity index (χ0v) is 57.9. The van der Waals surface area contributed by atoms with Gasteiger partial charge in [0.05, 0.1) is 40.2 Å². The van der Waals surface area contributed by atoms with Crippen LogP contribution in [0.4, 0.5) is 17.8 Å². The molecule has 6 aromatic heterocycles. The number of nitrogens with zero attached hydrogens (tertiary/aromatic N) is 3. The van der Waals surface area contributed by atoms with Crippen LogP contribution in [0.15, 0.2) is 106 Å². The molecule has 3 amide bonds. The van der Waals surface area contributed by atoms with Gasteiger partial charge in [-0.15, -0.1) is 0 Å². The van der Waals surface area contributed by atoms with Gasteiger partial charge in [-0.05, 0) is 134 Å². The predicted octanol–water partition coefficient (Wildman–Crippen LogP) is -11.0. The van der Waals surface area contributed by atoms with E-state index in [1.54, 1.807) is 79.3 Å². The van der Waals surface area contributed by atoms with E-state index < -0.39 is 84.5 Å². The number of aromatic nitrogens is 9. The molecule has 0 fully saturated rings. The molecule has 3 atom stereocenters. The van der Waals surface area contributed by atoms with Crippen molar-refractivity contribution in [3.63, 3.8) is 0 Å². The Kier molecular flexibility index (Phi) is 30.5. The molecule has 0 radical (unpaired) electrons. The number of aromatic amines is 6. The van der Waals surface area contributed by atoms with E-state index in [1.165, 1.54) is 12.1 Å². The van der Waals surface area contributed by atoms with Crippen LogP contribution < -0.4 is 154 Å². The Bertz CT molecular complexity index is 4010. The van der Waals surface area contributed by atoms with Crippen molar-refractivity contribution in [3.05, 3.63) is 173 Å². The molecule has 0 unspecified atom stereocenters. The fourth-order valence-corrected chi connectivity index (χ4v) is 9.54. The normalized spacial score (nSPS) is 11.5. The molecule has 33 nitrogen and oxygen atoms in total. The number of carboxylic acid groups (broad SMARTS) is 6. The molecule has 6 heterocycles. The number of nitrogens with one attached hydrogen (secondary N) is 9. The Morgan fingerprint density at radius 1 is 0.417 bits per heavy atom. The predicted molar refractivity (Wildman–Crippen MR) is 324 cm³/mol. The van der Waals surface area contributed by atoms with Gasteiger partial charge >= 0.3 is 107 Å². The number of amides is 3. The summed E-state index contributed by atoms with van der Waals surface area (Å²) in [6.45, 7) is 0. The van der Waals surface area contributed by atoms with Crippen LogP contribution >= 0.6 is 0 Å². The second-order valence-corrected chi connectivity index (χ2v) is 20.9. The first-order valence-corrected chi connectivity index (χ1v) is 28.3. The van der Waals surface area contributed by atoms with Crippen molar-refractivity contribution < 1.29 is 162 Å². The van der Waals surface area contributed by atoms with Crippen LogP contribution in [0.25, 0.3) is 33.1 Å². The van der Waals surface area contributed by atoms with E-state index in [0.29, 0.717) is 71.6 Å². The van der Waals surface area contributed by atoms with E-state index in [-0.39, 0.29) is 166 Å². The van der Waals surface area contributed by atoms with Crippen LogP contribution in [-0.2, 0) is 67.3 Å². The number of nitrogen functional groups attached to an aromatic ring is 3. The third-order valence-electron chi connectivity index (χ3n) is 14.3. The standard InChI is InChI=1S/3C20H21N5O6.3Na/c3*21-20-24-16-15(18(29)25-20)12(9-22-16)6-3-10-1-4-11(5-2-10)17(28)23-13(19(30)31)7-8-14(26)27;;;/h3*1-2,4-5,9,13H,3,6-8H2,(H,23,28)(H,26,27)(H,30,31)(H4,21,22,24,25,29);;;/q;;;3*+1/p-3/t3*13-;;;/m000.../s1. The van der Waals surface area contributed by atoms with Crippen LogP contribution in [0.1, 0.15) is 103 Å². The second kappa shape index (κ2) is 37.0. The Balaban J connectivity index is 0.000000302. The van der Waals surface area contributed by atoms with E-state index in [0.717, 1.165) is 33.4 Å². The zero-order valence-electron chi connectivity index (χ0n) is 51.9. The van der Waals surface area contributed by atoms with Crippen LogP contribution in [0.2, 0.25) is 0 Å². The molecule has 36 heteroatoms. The fraction of sp³-hybridized carbons (Fsp3) is 0.250. The van der Waals surface area contributed by atoms with Crippen molar-refractivity contribution in [3.8, 4) is 0 Å². The molecule has 9 aromatic rings. The average Bonchev–Trinajstić information content (AvgIpc) is 1.66. The molecule has 0 saturated carbocycles. The zero-order chi connectivity index (χ0) is 67.6. The molecule has 3 aromatic carbocycles. The number of fused-ring (bicyclic) bond motifs is 3. The summed E-state index contributed by atoms with van der Waals surface area (Å²) in [5.41, 5.74) is 22.6. The number of carbonyl (C=O) groups is 9. The van der Waals surface area contributed by atoms with Gasteiger partial charge in [-0.25, -0.2) is 4.79 Å². The SMILES string of the molecule is Nc1nc2[nH]cc(CCc3ccc(C(=O)N[C@@H](CCC(=O)O)C(=O)O)cc3)c2c(=O)[nH]1.Nc1nc2[nH]cc(CCc3ccc(C(=O)N[C@@H](CCC(=O)O)C(=O)[O-])cc3)c2c(=O)[nH]1.Nc1nc2[nH]cc(CCc3ccc(C(=O)N[C@@H](CCC(=O)[O-])C(=O)[O-])cc3)c2c(=O)[nH]1.[Na+].[Na+].[Na+]. The number of nitrogens with two attached hydrogens (primary N) is 3. The first-order valence-electron chi connectivity index (χ1n) is 28.3. The molecule has 0 spiro atoms. The summed E-state index contributed by atoms with van der Waals surface area (Å²) in [6, 6.07) is 15.5. The Morgan fingerprint density at radius 3 is 0.948 bits per heavy atom. The Hall–Kier alpha value is -9.45. The minimum atomic E-state index is -1.57. The molecule has 0 saturated heterocycles. The molecule has 0 aliphatic carbocycles. The molecule has 0 aliphatic rings. The minimum Gasteiger partial charge on any atom is -0.550 e. The molecule has 96 heavy (non-hydrogen) atoms. The van der Waals surface area contributed by atoms with Crippen molar-refractivity contribution in [1.29, 1.82) is 0 Å². The van der Waals surface area contributed by atoms with Crippen LogP contribution in [0, 0.1) is 0 Å². The van der Waals surface area contributed by atoms with Gasteiger partial charge in [0, 0.05) is 54.1 Å². The van der Waals surface area contributed by atoms with Crippen LogP contribution in [0.3, 0.4) is 0 Å². The van der Waals surface area contributed by atoms with E-state index in [9.17, 15) is 72.9 Å². The van der Waals surface area contributed by atoms with E-state index >= 15 is 0 Å². The summed E-state index contributed by atoms with van der Waals surface area (Å²) in [7, 11) is 0. The van der Waals surface area contributed by atoms with Crippen LogP contribution in [0.5, 0.6) is 0 Å². The quantitative estimate of drug-likeness (QED) is 0.0213. The number of benzene rings is 3. The number of carboxylic acids is 6. The number of hydrogen-bond donors (Lipinski definition) is 15. The molecule has 0 aliphatic heterocycles. The van der Waals surface area contributed by atoms with Gasteiger partial charge in [0.1, 0.15) is 23.0 Å². The second-order valence-electron chi connectivity index (χ2n) is 20.9. The summed E-state index contributed by atoms with van der Waals surface area (Å²) in [4.78, 5) is 167. The molecule has 0 bridgehead atoms. The maximum absolute atomic E-state index is 12.3. The molecule has 486 valence electrons. The average molecular weight is 1350 g/mol. The number of anilines is 3. The summed E-state index contributed by atoms with van der Waals surface area (Å²) in [5, 5.41) is 67.4. The Morgan fingerprint density at radius 2 is 0.688 bits per heavy atom. The smallest absolute Gasteiger partial charge is 0.550 e. The third-order valence-corrected chi connectivity index (χ3v) is 14.3. The molecule has 18 N–H and O–H groups in total. The first kappa shape index (κ1) is 79.0. The van der Waals surface area contributed by atoms with Gasteiger partial charge in [0.2, 0.25) is 17.8 Å².